The minimum atomic E-state index is 0.359. The molecule has 0 saturated carbocycles. The van der Waals surface area contributed by atoms with Crippen LogP contribution >= 0.6 is 11.6 Å². The molecule has 1 unspecified atom stereocenters. The van der Waals surface area contributed by atoms with Crippen LogP contribution < -0.4 is 5.32 Å². The number of nitrogens with one attached hydrogen (secondary N) is 1. The summed E-state index contributed by atoms with van der Waals surface area (Å²) in [6.45, 7) is 6.20. The lowest BCUT2D eigenvalue weighted by molar-refractivity contribution is 0.456. The van der Waals surface area contributed by atoms with Gasteiger partial charge >= 0.3 is 0 Å². The molecule has 0 aliphatic carbocycles. The van der Waals surface area contributed by atoms with Crippen LogP contribution in [0.5, 0.6) is 0 Å². The Morgan fingerprint density at radius 3 is 2.47 bits per heavy atom. The van der Waals surface area contributed by atoms with Crippen LogP contribution in [0, 0.1) is 13.8 Å². The third-order valence-corrected chi connectivity index (χ3v) is 3.17. The number of hydrogen-bond acceptors (Lipinski definition) is 3. The van der Waals surface area contributed by atoms with Crippen LogP contribution in [-0.2, 0) is 0 Å². The Morgan fingerprint density at radius 1 is 1.27 bits per heavy atom. The molecule has 1 fully saturated rings. The summed E-state index contributed by atoms with van der Waals surface area (Å²) in [5, 5.41) is 3.77. The molecule has 1 aliphatic rings. The summed E-state index contributed by atoms with van der Waals surface area (Å²) in [6, 6.07) is 0. The maximum Gasteiger partial charge on any atom is 0.222 e. The Hall–Kier alpha value is -0.670. The normalized spacial score (nSPS) is 21.7. The van der Waals surface area contributed by atoms with Crippen molar-refractivity contribution >= 4 is 11.6 Å². The minimum absolute atomic E-state index is 0.359. The summed E-state index contributed by atoms with van der Waals surface area (Å²) in [7, 11) is 0. The van der Waals surface area contributed by atoms with Crippen LogP contribution in [0.15, 0.2) is 0 Å². The summed E-state index contributed by atoms with van der Waals surface area (Å²) in [5.74, 6) is 0.552. The number of aromatic nitrogens is 2. The molecule has 3 nitrogen and oxygen atoms in total. The van der Waals surface area contributed by atoms with Gasteiger partial charge in [-0.2, -0.15) is 0 Å². The molecule has 15 heavy (non-hydrogen) atoms. The molecule has 2 heterocycles. The van der Waals surface area contributed by atoms with E-state index >= 15 is 0 Å². The Kier molecular flexibility index (Phi) is 3.22. The SMILES string of the molecule is Cc1nc(Cl)nc(C)c1C1CCCNC1. The quantitative estimate of drug-likeness (QED) is 0.745. The summed E-state index contributed by atoms with van der Waals surface area (Å²) in [6.07, 6.45) is 2.45. The van der Waals surface area contributed by atoms with Crippen molar-refractivity contribution in [3.05, 3.63) is 22.2 Å². The Balaban J connectivity index is 2.33. The standard InChI is InChI=1S/C11H16ClN3/c1-7-10(8(2)15-11(12)14-7)9-4-3-5-13-6-9/h9,13H,3-6H2,1-2H3. The smallest absolute Gasteiger partial charge is 0.222 e. The van der Waals surface area contributed by atoms with Crippen LogP contribution in [0.1, 0.15) is 35.7 Å². The molecule has 1 aromatic heterocycles. The van der Waals surface area contributed by atoms with Crippen molar-refractivity contribution in [1.82, 2.24) is 15.3 Å². The molecule has 4 heteroatoms. The van der Waals surface area contributed by atoms with E-state index in [9.17, 15) is 0 Å². The topological polar surface area (TPSA) is 37.8 Å². The second-order valence-electron chi connectivity index (χ2n) is 4.12. The highest BCUT2D eigenvalue weighted by Crippen LogP contribution is 2.27. The molecule has 0 radical (unpaired) electrons. The largest absolute Gasteiger partial charge is 0.316 e. The summed E-state index contributed by atoms with van der Waals surface area (Å²) >= 11 is 5.82. The van der Waals surface area contributed by atoms with Gasteiger partial charge in [-0.05, 0) is 56.3 Å². The van der Waals surface area contributed by atoms with Crippen LogP contribution in [0.25, 0.3) is 0 Å². The summed E-state index contributed by atoms with van der Waals surface area (Å²) < 4.78 is 0. The van der Waals surface area contributed by atoms with Gasteiger partial charge in [-0.25, -0.2) is 9.97 Å². The third-order valence-electron chi connectivity index (χ3n) is 3.00. The van der Waals surface area contributed by atoms with Gasteiger partial charge in [0, 0.05) is 17.9 Å². The molecular weight excluding hydrogens is 210 g/mol. The summed E-state index contributed by atoms with van der Waals surface area (Å²) in [5.41, 5.74) is 3.34. The van der Waals surface area contributed by atoms with Gasteiger partial charge in [0.05, 0.1) is 0 Å². The number of rotatable bonds is 1. The Bertz CT molecular complexity index is 336. The third kappa shape index (κ3) is 2.29. The summed E-state index contributed by atoms with van der Waals surface area (Å²) in [4.78, 5) is 8.47. The van der Waals surface area contributed by atoms with E-state index in [2.05, 4.69) is 15.3 Å². The van der Waals surface area contributed by atoms with Crippen molar-refractivity contribution < 1.29 is 0 Å². The maximum atomic E-state index is 5.82. The van der Waals surface area contributed by atoms with E-state index in [0.717, 1.165) is 24.5 Å². The van der Waals surface area contributed by atoms with Gasteiger partial charge in [0.1, 0.15) is 0 Å². The van der Waals surface area contributed by atoms with Gasteiger partial charge in [-0.3, -0.25) is 0 Å². The average molecular weight is 226 g/mol. The van der Waals surface area contributed by atoms with Crippen LogP contribution in [0.4, 0.5) is 0 Å². The number of aryl methyl sites for hydroxylation is 2. The van der Waals surface area contributed by atoms with E-state index in [4.69, 9.17) is 11.6 Å². The highest BCUT2D eigenvalue weighted by atomic mass is 35.5. The average Bonchev–Trinajstić information content (AvgIpc) is 2.17. The first kappa shape index (κ1) is 10.8. The number of piperidine rings is 1. The number of nitrogens with zero attached hydrogens (tertiary/aromatic N) is 2. The van der Waals surface area contributed by atoms with Crippen molar-refractivity contribution in [3.63, 3.8) is 0 Å². The predicted octanol–water partition coefficient (Wildman–Crippen LogP) is 2.21. The lowest BCUT2D eigenvalue weighted by Gasteiger charge is -2.25. The number of halogens is 1. The van der Waals surface area contributed by atoms with Crippen molar-refractivity contribution in [2.24, 2.45) is 0 Å². The van der Waals surface area contributed by atoms with Crippen LogP contribution in [0.3, 0.4) is 0 Å². The Labute approximate surface area is 95.3 Å². The van der Waals surface area contributed by atoms with Gasteiger partial charge in [0.2, 0.25) is 5.28 Å². The van der Waals surface area contributed by atoms with Crippen molar-refractivity contribution in [3.8, 4) is 0 Å². The first-order valence-electron chi connectivity index (χ1n) is 5.40. The maximum absolute atomic E-state index is 5.82. The van der Waals surface area contributed by atoms with Crippen LogP contribution in [-0.4, -0.2) is 23.1 Å². The molecule has 1 aliphatic heterocycles. The molecule has 0 spiro atoms. The van der Waals surface area contributed by atoms with Crippen LogP contribution in [0.2, 0.25) is 5.28 Å². The van der Waals surface area contributed by atoms with Crippen molar-refractivity contribution in [1.29, 1.82) is 0 Å². The van der Waals surface area contributed by atoms with E-state index in [-0.39, 0.29) is 0 Å². The van der Waals surface area contributed by atoms with Crippen molar-refractivity contribution in [2.45, 2.75) is 32.6 Å². The lowest BCUT2D eigenvalue weighted by atomic mass is 9.90. The molecule has 1 atom stereocenters. The van der Waals surface area contributed by atoms with E-state index < -0.39 is 0 Å². The zero-order chi connectivity index (χ0) is 10.8. The molecule has 0 bridgehead atoms. The van der Waals surface area contributed by atoms with E-state index in [0.29, 0.717) is 11.2 Å². The molecule has 0 aromatic carbocycles. The zero-order valence-electron chi connectivity index (χ0n) is 9.18. The molecule has 2 rings (SSSR count). The van der Waals surface area contributed by atoms with Gasteiger partial charge in [0.15, 0.2) is 0 Å². The van der Waals surface area contributed by atoms with E-state index in [1.807, 2.05) is 13.8 Å². The molecule has 82 valence electrons. The molecule has 1 saturated heterocycles. The Morgan fingerprint density at radius 2 is 1.93 bits per heavy atom. The first-order valence-corrected chi connectivity index (χ1v) is 5.77. The second kappa shape index (κ2) is 4.45. The lowest BCUT2D eigenvalue weighted by Crippen LogP contribution is -2.29. The highest BCUT2D eigenvalue weighted by Gasteiger charge is 2.20. The van der Waals surface area contributed by atoms with Gasteiger partial charge in [-0.15, -0.1) is 0 Å². The zero-order valence-corrected chi connectivity index (χ0v) is 9.93. The minimum Gasteiger partial charge on any atom is -0.316 e. The molecule has 1 N–H and O–H groups in total. The van der Waals surface area contributed by atoms with E-state index in [1.54, 1.807) is 0 Å². The fraction of sp³-hybridized carbons (Fsp3) is 0.636. The fourth-order valence-electron chi connectivity index (χ4n) is 2.37. The van der Waals surface area contributed by atoms with Gasteiger partial charge in [-0.1, -0.05) is 0 Å². The second-order valence-corrected chi connectivity index (χ2v) is 4.46. The predicted molar refractivity (Wildman–Crippen MR) is 61.4 cm³/mol. The van der Waals surface area contributed by atoms with Gasteiger partial charge < -0.3 is 5.32 Å². The molecular formula is C11H16ClN3. The number of hydrogen-bond donors (Lipinski definition) is 1. The fourth-order valence-corrected chi connectivity index (χ4v) is 2.63. The van der Waals surface area contributed by atoms with Crippen molar-refractivity contribution in [2.75, 3.05) is 13.1 Å². The van der Waals surface area contributed by atoms with Gasteiger partial charge in [0.25, 0.3) is 0 Å². The van der Waals surface area contributed by atoms with E-state index in [1.165, 1.54) is 18.4 Å². The highest BCUT2D eigenvalue weighted by molar-refractivity contribution is 6.28. The monoisotopic (exact) mass is 225 g/mol. The molecule has 1 aromatic rings. The first-order chi connectivity index (χ1) is 7.18. The molecule has 0 amide bonds.